The Bertz CT molecular complexity index is 360. The molecule has 1 aromatic rings. The van der Waals surface area contributed by atoms with Crippen molar-refractivity contribution in [3.63, 3.8) is 0 Å². The number of rotatable bonds is 4. The van der Waals surface area contributed by atoms with Crippen LogP contribution in [0, 0.1) is 12.3 Å². The van der Waals surface area contributed by atoms with Gasteiger partial charge in [-0.05, 0) is 19.1 Å². The molecule has 1 atom stereocenters. The summed E-state index contributed by atoms with van der Waals surface area (Å²) in [4.78, 5) is 0. The molecule has 0 radical (unpaired) electrons. The normalized spacial score (nSPS) is 11.9. The van der Waals surface area contributed by atoms with Crippen LogP contribution in [0.15, 0.2) is 24.3 Å². The predicted molar refractivity (Wildman–Crippen MR) is 55.0 cm³/mol. The van der Waals surface area contributed by atoms with Crippen molar-refractivity contribution in [3.05, 3.63) is 24.3 Å². The molecule has 0 aliphatic rings. The lowest BCUT2D eigenvalue weighted by Crippen LogP contribution is -2.14. The molecule has 0 aliphatic heterocycles. The summed E-state index contributed by atoms with van der Waals surface area (Å²) in [5, 5.41) is 2.87. The molecule has 2 nitrogen and oxygen atoms in total. The summed E-state index contributed by atoms with van der Waals surface area (Å²) >= 11 is 0. The minimum Gasteiger partial charge on any atom is -0.433 e. The van der Waals surface area contributed by atoms with Crippen molar-refractivity contribution in [2.24, 2.45) is 0 Å². The van der Waals surface area contributed by atoms with Gasteiger partial charge in [-0.1, -0.05) is 18.1 Å². The van der Waals surface area contributed by atoms with E-state index in [1.807, 2.05) is 0 Å². The topological polar surface area (TPSA) is 21.3 Å². The Morgan fingerprint density at radius 3 is 2.67 bits per heavy atom. The van der Waals surface area contributed by atoms with Gasteiger partial charge in [-0.3, -0.25) is 0 Å². The highest BCUT2D eigenvalue weighted by molar-refractivity contribution is 5.57. The van der Waals surface area contributed by atoms with Crippen LogP contribution in [-0.4, -0.2) is 12.7 Å². The molecule has 0 saturated carbocycles. The fraction of sp³-hybridized carbons (Fsp3) is 0.273. The van der Waals surface area contributed by atoms with E-state index in [1.165, 1.54) is 6.07 Å². The van der Waals surface area contributed by atoms with Gasteiger partial charge in [-0.2, -0.15) is 8.78 Å². The van der Waals surface area contributed by atoms with Gasteiger partial charge in [0.2, 0.25) is 0 Å². The highest BCUT2D eigenvalue weighted by Crippen LogP contribution is 2.25. The molecule has 0 aliphatic carbocycles. The minimum atomic E-state index is -2.84. The van der Waals surface area contributed by atoms with Gasteiger partial charge in [0, 0.05) is 0 Å². The van der Waals surface area contributed by atoms with Gasteiger partial charge in [-0.15, -0.1) is 6.42 Å². The number of alkyl halides is 2. The number of terminal acetylenes is 1. The second kappa shape index (κ2) is 5.20. The largest absolute Gasteiger partial charge is 0.433 e. The maximum Gasteiger partial charge on any atom is 0.387 e. The van der Waals surface area contributed by atoms with E-state index in [1.54, 1.807) is 25.1 Å². The van der Waals surface area contributed by atoms with Crippen LogP contribution >= 0.6 is 0 Å². The van der Waals surface area contributed by atoms with Crippen LogP contribution in [-0.2, 0) is 0 Å². The lowest BCUT2D eigenvalue weighted by molar-refractivity contribution is -0.0493. The Morgan fingerprint density at radius 1 is 1.40 bits per heavy atom. The number of ether oxygens (including phenoxy) is 1. The Balaban J connectivity index is 2.82. The SMILES string of the molecule is C#CC(C)Nc1ccccc1OC(F)F. The van der Waals surface area contributed by atoms with Crippen molar-refractivity contribution in [3.8, 4) is 18.1 Å². The van der Waals surface area contributed by atoms with Crippen LogP contribution < -0.4 is 10.1 Å². The van der Waals surface area contributed by atoms with E-state index in [9.17, 15) is 8.78 Å². The number of benzene rings is 1. The summed E-state index contributed by atoms with van der Waals surface area (Å²) < 4.78 is 28.4. The van der Waals surface area contributed by atoms with E-state index in [-0.39, 0.29) is 11.8 Å². The van der Waals surface area contributed by atoms with Gasteiger partial charge in [-0.25, -0.2) is 0 Å². The third-order valence-corrected chi connectivity index (χ3v) is 1.73. The van der Waals surface area contributed by atoms with E-state index in [0.717, 1.165) is 0 Å². The molecule has 0 saturated heterocycles. The first-order valence-corrected chi connectivity index (χ1v) is 4.40. The third kappa shape index (κ3) is 3.47. The molecule has 4 heteroatoms. The third-order valence-electron chi connectivity index (χ3n) is 1.73. The summed E-state index contributed by atoms with van der Waals surface area (Å²) in [5.74, 6) is 2.53. The van der Waals surface area contributed by atoms with Crippen LogP contribution in [0.5, 0.6) is 5.75 Å². The minimum absolute atomic E-state index is 0.0922. The zero-order valence-corrected chi connectivity index (χ0v) is 8.21. The molecule has 1 unspecified atom stereocenters. The first-order chi connectivity index (χ1) is 7.13. The van der Waals surface area contributed by atoms with Crippen molar-refractivity contribution in [1.82, 2.24) is 0 Å². The maximum absolute atomic E-state index is 12.0. The van der Waals surface area contributed by atoms with Crippen LogP contribution in [0.4, 0.5) is 14.5 Å². The second-order valence-corrected chi connectivity index (χ2v) is 2.91. The number of hydrogen-bond acceptors (Lipinski definition) is 2. The van der Waals surface area contributed by atoms with Crippen molar-refractivity contribution in [1.29, 1.82) is 0 Å². The smallest absolute Gasteiger partial charge is 0.387 e. The fourth-order valence-electron chi connectivity index (χ4n) is 1.06. The second-order valence-electron chi connectivity index (χ2n) is 2.91. The van der Waals surface area contributed by atoms with Crippen LogP contribution in [0.1, 0.15) is 6.92 Å². The van der Waals surface area contributed by atoms with Crippen molar-refractivity contribution < 1.29 is 13.5 Å². The summed E-state index contributed by atoms with van der Waals surface area (Å²) in [6.45, 7) is -1.09. The Kier molecular flexibility index (Phi) is 3.92. The van der Waals surface area contributed by atoms with Crippen LogP contribution in [0.2, 0.25) is 0 Å². The lowest BCUT2D eigenvalue weighted by atomic mass is 10.2. The molecule has 15 heavy (non-hydrogen) atoms. The number of hydrogen-bond donors (Lipinski definition) is 1. The molecule has 1 N–H and O–H groups in total. The van der Waals surface area contributed by atoms with E-state index in [2.05, 4.69) is 16.0 Å². The average molecular weight is 211 g/mol. The standard InChI is InChI=1S/C11H11F2NO/c1-3-8(2)14-9-6-4-5-7-10(9)15-11(12)13/h1,4-8,11,14H,2H3. The first-order valence-electron chi connectivity index (χ1n) is 4.40. The highest BCUT2D eigenvalue weighted by atomic mass is 19.3. The molecule has 0 amide bonds. The molecule has 0 spiro atoms. The van der Waals surface area contributed by atoms with Crippen molar-refractivity contribution in [2.75, 3.05) is 5.32 Å². The van der Waals surface area contributed by atoms with Gasteiger partial charge < -0.3 is 10.1 Å². The first kappa shape index (κ1) is 11.3. The quantitative estimate of drug-likeness (QED) is 0.773. The molecule has 0 heterocycles. The molecular weight excluding hydrogens is 200 g/mol. The molecule has 0 fully saturated rings. The number of para-hydroxylation sites is 2. The monoisotopic (exact) mass is 211 g/mol. The van der Waals surface area contributed by atoms with E-state index in [0.29, 0.717) is 5.69 Å². The van der Waals surface area contributed by atoms with Crippen molar-refractivity contribution >= 4 is 5.69 Å². The average Bonchev–Trinajstić information content (AvgIpc) is 2.20. The van der Waals surface area contributed by atoms with Gasteiger partial charge in [0.1, 0.15) is 5.75 Å². The van der Waals surface area contributed by atoms with Gasteiger partial charge >= 0.3 is 6.61 Å². The molecule has 80 valence electrons. The molecular formula is C11H11F2NO. The van der Waals surface area contributed by atoms with Crippen LogP contribution in [0.3, 0.4) is 0 Å². The van der Waals surface area contributed by atoms with E-state index in [4.69, 9.17) is 6.42 Å². The lowest BCUT2D eigenvalue weighted by Gasteiger charge is -2.14. The predicted octanol–water partition coefficient (Wildman–Crippen LogP) is 2.72. The number of halogens is 2. The van der Waals surface area contributed by atoms with E-state index < -0.39 is 6.61 Å². The van der Waals surface area contributed by atoms with Gasteiger partial charge in [0.25, 0.3) is 0 Å². The summed E-state index contributed by atoms with van der Waals surface area (Å²) in [6, 6.07) is 6.17. The van der Waals surface area contributed by atoms with Crippen molar-refractivity contribution in [2.45, 2.75) is 19.6 Å². The Labute approximate surface area is 87.2 Å². The number of anilines is 1. The summed E-state index contributed by atoms with van der Waals surface area (Å²) in [5.41, 5.74) is 0.461. The Morgan fingerprint density at radius 2 is 2.07 bits per heavy atom. The highest BCUT2D eigenvalue weighted by Gasteiger charge is 2.09. The fourth-order valence-corrected chi connectivity index (χ4v) is 1.06. The zero-order valence-electron chi connectivity index (χ0n) is 8.21. The van der Waals surface area contributed by atoms with Gasteiger partial charge in [0.15, 0.2) is 0 Å². The van der Waals surface area contributed by atoms with Gasteiger partial charge in [0.05, 0.1) is 11.7 Å². The Hall–Kier alpha value is -1.76. The molecule has 1 aromatic carbocycles. The molecule has 0 bridgehead atoms. The number of nitrogens with one attached hydrogen (secondary N) is 1. The summed E-state index contributed by atoms with van der Waals surface area (Å²) in [7, 11) is 0. The zero-order chi connectivity index (χ0) is 11.3. The molecule has 1 rings (SSSR count). The van der Waals surface area contributed by atoms with E-state index >= 15 is 0 Å². The maximum atomic E-state index is 12.0. The molecule has 0 aromatic heterocycles. The summed E-state index contributed by atoms with van der Waals surface area (Å²) in [6.07, 6.45) is 5.17. The van der Waals surface area contributed by atoms with Crippen LogP contribution in [0.25, 0.3) is 0 Å².